The molecule has 0 aromatic heterocycles. The van der Waals surface area contributed by atoms with Crippen LogP contribution in [0.2, 0.25) is 0 Å². The lowest BCUT2D eigenvalue weighted by atomic mass is 9.96. The number of primary amides is 1. The maximum atomic E-state index is 10.4. The van der Waals surface area contributed by atoms with E-state index in [4.69, 9.17) is 10.5 Å². The van der Waals surface area contributed by atoms with Crippen molar-refractivity contribution in [3.8, 4) is 0 Å². The maximum absolute atomic E-state index is 10.4. The van der Waals surface area contributed by atoms with Gasteiger partial charge in [-0.2, -0.15) is 0 Å². The second-order valence-electron chi connectivity index (χ2n) is 3.15. The van der Waals surface area contributed by atoms with Crippen molar-refractivity contribution in [3.63, 3.8) is 0 Å². The summed E-state index contributed by atoms with van der Waals surface area (Å²) in [4.78, 5) is 10.4. The Kier molecular flexibility index (Phi) is 2.34. The molecule has 1 atom stereocenters. The normalized spacial score (nSPS) is 31.4. The van der Waals surface area contributed by atoms with Gasteiger partial charge < -0.3 is 15.8 Å². The highest BCUT2D eigenvalue weighted by Crippen LogP contribution is 2.19. The number of nitrogens with two attached hydrogens (primary N) is 1. The van der Waals surface area contributed by atoms with Crippen LogP contribution in [0.1, 0.15) is 19.8 Å². The van der Waals surface area contributed by atoms with Crippen molar-refractivity contribution < 1.29 is 9.53 Å². The Labute approximate surface area is 66.1 Å². The first-order valence-corrected chi connectivity index (χ1v) is 3.82. The summed E-state index contributed by atoms with van der Waals surface area (Å²) in [5.74, 6) is 0. The predicted molar refractivity (Wildman–Crippen MR) is 41.2 cm³/mol. The fourth-order valence-electron chi connectivity index (χ4n) is 1.36. The van der Waals surface area contributed by atoms with Gasteiger partial charge >= 0.3 is 6.09 Å². The van der Waals surface area contributed by atoms with Crippen LogP contribution in [0.25, 0.3) is 0 Å². The molecule has 0 saturated carbocycles. The highest BCUT2D eigenvalue weighted by Gasteiger charge is 2.29. The van der Waals surface area contributed by atoms with Crippen LogP contribution in [0.5, 0.6) is 0 Å². The number of hydrogen-bond donors (Lipinski definition) is 2. The molecule has 0 spiro atoms. The Morgan fingerprint density at radius 1 is 1.73 bits per heavy atom. The van der Waals surface area contributed by atoms with Crippen LogP contribution >= 0.6 is 0 Å². The van der Waals surface area contributed by atoms with Crippen LogP contribution in [0.3, 0.4) is 0 Å². The lowest BCUT2D eigenvalue weighted by Crippen LogP contribution is -2.47. The number of nitrogens with one attached hydrogen (secondary N) is 1. The summed E-state index contributed by atoms with van der Waals surface area (Å²) in [6, 6.07) is 0. The van der Waals surface area contributed by atoms with Crippen LogP contribution < -0.4 is 11.1 Å². The van der Waals surface area contributed by atoms with Crippen molar-refractivity contribution in [2.24, 2.45) is 5.73 Å². The maximum Gasteiger partial charge on any atom is 0.405 e. The van der Waals surface area contributed by atoms with E-state index in [1.165, 1.54) is 0 Å². The van der Waals surface area contributed by atoms with Gasteiger partial charge in [0.2, 0.25) is 0 Å². The Morgan fingerprint density at radius 2 is 2.45 bits per heavy atom. The number of ether oxygens (including phenoxy) is 1. The highest BCUT2D eigenvalue weighted by molar-refractivity contribution is 5.65. The minimum atomic E-state index is -0.684. The third-order valence-corrected chi connectivity index (χ3v) is 1.91. The van der Waals surface area contributed by atoms with Crippen molar-refractivity contribution in [2.75, 3.05) is 13.1 Å². The molecular formula is C7H14N2O2. The number of hydrogen-bond acceptors (Lipinski definition) is 3. The molecule has 3 N–H and O–H groups in total. The van der Waals surface area contributed by atoms with E-state index in [9.17, 15) is 4.79 Å². The second-order valence-corrected chi connectivity index (χ2v) is 3.15. The summed E-state index contributed by atoms with van der Waals surface area (Å²) in [7, 11) is 0. The van der Waals surface area contributed by atoms with E-state index >= 15 is 0 Å². The number of amides is 1. The summed E-state index contributed by atoms with van der Waals surface area (Å²) >= 11 is 0. The van der Waals surface area contributed by atoms with Gasteiger partial charge in [0.1, 0.15) is 5.60 Å². The molecule has 0 aliphatic carbocycles. The number of piperidine rings is 1. The second kappa shape index (κ2) is 3.09. The Hall–Kier alpha value is -0.770. The van der Waals surface area contributed by atoms with E-state index < -0.39 is 6.09 Å². The van der Waals surface area contributed by atoms with Crippen LogP contribution in [-0.4, -0.2) is 24.8 Å². The van der Waals surface area contributed by atoms with E-state index in [-0.39, 0.29) is 5.60 Å². The average Bonchev–Trinajstić information content (AvgIpc) is 1.85. The Bertz CT molecular complexity index is 153. The zero-order valence-electron chi connectivity index (χ0n) is 6.72. The fourth-order valence-corrected chi connectivity index (χ4v) is 1.36. The lowest BCUT2D eigenvalue weighted by molar-refractivity contribution is 0.0131. The molecule has 0 aromatic carbocycles. The predicted octanol–water partition coefficient (Wildman–Crippen LogP) is 0.224. The molecule has 4 heteroatoms. The summed E-state index contributed by atoms with van der Waals surface area (Å²) < 4.78 is 4.96. The Morgan fingerprint density at radius 3 is 2.91 bits per heavy atom. The van der Waals surface area contributed by atoms with E-state index in [2.05, 4.69) is 5.32 Å². The molecule has 1 amide bonds. The number of carbonyl (C=O) groups is 1. The SMILES string of the molecule is CC1(OC(N)=O)CCCNC1. The summed E-state index contributed by atoms with van der Waals surface area (Å²) in [6.45, 7) is 3.59. The Balaban J connectivity index is 2.43. The molecular weight excluding hydrogens is 144 g/mol. The number of rotatable bonds is 1. The van der Waals surface area contributed by atoms with Gasteiger partial charge in [0.15, 0.2) is 0 Å². The van der Waals surface area contributed by atoms with Gasteiger partial charge in [-0.1, -0.05) is 0 Å². The van der Waals surface area contributed by atoms with Crippen LogP contribution in [-0.2, 0) is 4.74 Å². The van der Waals surface area contributed by atoms with E-state index in [0.29, 0.717) is 6.54 Å². The minimum Gasteiger partial charge on any atom is -0.442 e. The highest BCUT2D eigenvalue weighted by atomic mass is 16.6. The van der Waals surface area contributed by atoms with Crippen molar-refractivity contribution >= 4 is 6.09 Å². The van der Waals surface area contributed by atoms with Gasteiger partial charge in [-0.05, 0) is 26.3 Å². The van der Waals surface area contributed by atoms with Crippen LogP contribution in [0.15, 0.2) is 0 Å². The summed E-state index contributed by atoms with van der Waals surface area (Å²) in [5, 5.41) is 3.15. The first kappa shape index (κ1) is 8.33. The smallest absolute Gasteiger partial charge is 0.405 e. The lowest BCUT2D eigenvalue weighted by Gasteiger charge is -2.32. The molecule has 1 aliphatic heterocycles. The molecule has 1 rings (SSSR count). The van der Waals surface area contributed by atoms with E-state index in [1.54, 1.807) is 0 Å². The third-order valence-electron chi connectivity index (χ3n) is 1.91. The minimum absolute atomic E-state index is 0.385. The zero-order chi connectivity index (χ0) is 8.32. The van der Waals surface area contributed by atoms with Gasteiger partial charge in [0.25, 0.3) is 0 Å². The van der Waals surface area contributed by atoms with Gasteiger partial charge in [0, 0.05) is 6.54 Å². The van der Waals surface area contributed by atoms with Crippen molar-refractivity contribution in [2.45, 2.75) is 25.4 Å². The topological polar surface area (TPSA) is 64.3 Å². The average molecular weight is 158 g/mol. The monoisotopic (exact) mass is 158 g/mol. The molecule has 64 valence electrons. The molecule has 1 saturated heterocycles. The van der Waals surface area contributed by atoms with Gasteiger partial charge in [0.05, 0.1) is 0 Å². The molecule has 0 bridgehead atoms. The zero-order valence-corrected chi connectivity index (χ0v) is 6.72. The molecule has 1 fully saturated rings. The quantitative estimate of drug-likeness (QED) is 0.574. The van der Waals surface area contributed by atoms with Crippen molar-refractivity contribution in [3.05, 3.63) is 0 Å². The fraction of sp³-hybridized carbons (Fsp3) is 0.857. The van der Waals surface area contributed by atoms with Gasteiger partial charge in [-0.15, -0.1) is 0 Å². The van der Waals surface area contributed by atoms with E-state index in [0.717, 1.165) is 19.4 Å². The molecule has 0 aromatic rings. The van der Waals surface area contributed by atoms with Crippen molar-refractivity contribution in [1.82, 2.24) is 5.32 Å². The van der Waals surface area contributed by atoms with Gasteiger partial charge in [-0.3, -0.25) is 0 Å². The summed E-state index contributed by atoms with van der Waals surface area (Å²) in [5.41, 5.74) is 4.53. The molecule has 1 heterocycles. The van der Waals surface area contributed by atoms with Crippen LogP contribution in [0.4, 0.5) is 4.79 Å². The first-order valence-electron chi connectivity index (χ1n) is 3.82. The molecule has 0 radical (unpaired) electrons. The van der Waals surface area contributed by atoms with Gasteiger partial charge in [-0.25, -0.2) is 4.79 Å². The standard InChI is InChI=1S/C7H14N2O2/c1-7(11-6(8)10)3-2-4-9-5-7/h9H,2-5H2,1H3,(H2,8,10). The van der Waals surface area contributed by atoms with Crippen LogP contribution in [0, 0.1) is 0 Å². The molecule has 11 heavy (non-hydrogen) atoms. The third kappa shape index (κ3) is 2.38. The largest absolute Gasteiger partial charge is 0.442 e. The molecule has 1 aliphatic rings. The molecule has 1 unspecified atom stereocenters. The van der Waals surface area contributed by atoms with Crippen molar-refractivity contribution in [1.29, 1.82) is 0 Å². The number of carbonyl (C=O) groups excluding carboxylic acids is 1. The summed E-state index contributed by atoms with van der Waals surface area (Å²) in [6.07, 6.45) is 1.24. The first-order chi connectivity index (χ1) is 5.12. The van der Waals surface area contributed by atoms with E-state index in [1.807, 2.05) is 6.92 Å². The molecule has 4 nitrogen and oxygen atoms in total.